The van der Waals surface area contributed by atoms with Gasteiger partial charge in [-0.1, -0.05) is 155 Å². The van der Waals surface area contributed by atoms with Gasteiger partial charge in [-0.2, -0.15) is 0 Å². The van der Waals surface area contributed by atoms with Crippen LogP contribution in [0.5, 0.6) is 0 Å². The molecular formula is C52H41N. The van der Waals surface area contributed by atoms with E-state index in [0.29, 0.717) is 0 Å². The molecule has 53 heavy (non-hydrogen) atoms. The van der Waals surface area contributed by atoms with E-state index in [1.54, 1.807) is 0 Å². The molecule has 0 bridgehead atoms. The summed E-state index contributed by atoms with van der Waals surface area (Å²) in [6, 6.07) is 65.1. The molecule has 0 atom stereocenters. The summed E-state index contributed by atoms with van der Waals surface area (Å²) in [5.41, 5.74) is 19.2. The van der Waals surface area contributed by atoms with Crippen molar-refractivity contribution in [1.29, 1.82) is 0 Å². The van der Waals surface area contributed by atoms with Gasteiger partial charge in [0.05, 0.1) is 0 Å². The first-order chi connectivity index (χ1) is 25.8. The Morgan fingerprint density at radius 1 is 0.321 bits per heavy atom. The van der Waals surface area contributed by atoms with Crippen LogP contribution in [-0.2, 0) is 10.8 Å². The van der Waals surface area contributed by atoms with Gasteiger partial charge < -0.3 is 4.90 Å². The highest BCUT2D eigenvalue weighted by molar-refractivity contribution is 6.09. The number of hydrogen-bond donors (Lipinski definition) is 0. The third-order valence-corrected chi connectivity index (χ3v) is 12.1. The van der Waals surface area contributed by atoms with Gasteiger partial charge in [0, 0.05) is 27.9 Å². The number of benzene rings is 8. The standard InChI is InChI=1S/C52H41N/c1-51(2)46-22-14-13-20-41(46)42-30-28-39(32-48(42)51)53(37-17-9-6-10-18-37)38-26-23-34(24-27-38)36-25-29-44-47(31-36)52(3,4)49-33-45(35-15-7-5-8-16-35)40-19-11-12-21-43(40)50(44)49/h5-33H,1-4H3. The average Bonchev–Trinajstić information content (AvgIpc) is 3.57. The van der Waals surface area contributed by atoms with Gasteiger partial charge >= 0.3 is 0 Å². The van der Waals surface area contributed by atoms with Crippen LogP contribution in [-0.4, -0.2) is 0 Å². The van der Waals surface area contributed by atoms with Crippen molar-refractivity contribution in [2.45, 2.75) is 38.5 Å². The summed E-state index contributed by atoms with van der Waals surface area (Å²) in [6.45, 7) is 9.48. The van der Waals surface area contributed by atoms with Crippen LogP contribution in [0.2, 0.25) is 0 Å². The minimum atomic E-state index is -0.140. The van der Waals surface area contributed by atoms with Crippen molar-refractivity contribution in [3.8, 4) is 44.5 Å². The zero-order valence-corrected chi connectivity index (χ0v) is 30.7. The Morgan fingerprint density at radius 3 is 1.64 bits per heavy atom. The summed E-state index contributed by atoms with van der Waals surface area (Å²) in [5, 5.41) is 2.63. The van der Waals surface area contributed by atoms with Gasteiger partial charge in [-0.15, -0.1) is 0 Å². The van der Waals surface area contributed by atoms with Crippen molar-refractivity contribution in [2.24, 2.45) is 0 Å². The number of rotatable bonds is 5. The predicted molar refractivity (Wildman–Crippen MR) is 225 cm³/mol. The van der Waals surface area contributed by atoms with Crippen molar-refractivity contribution < 1.29 is 0 Å². The van der Waals surface area contributed by atoms with Crippen LogP contribution >= 0.6 is 0 Å². The van der Waals surface area contributed by atoms with Gasteiger partial charge in [-0.25, -0.2) is 0 Å². The molecule has 0 amide bonds. The summed E-state index contributed by atoms with van der Waals surface area (Å²) < 4.78 is 0. The van der Waals surface area contributed by atoms with E-state index in [1.165, 1.54) is 83.2 Å². The molecule has 0 fully saturated rings. The number of anilines is 3. The summed E-state index contributed by atoms with van der Waals surface area (Å²) in [4.78, 5) is 2.39. The van der Waals surface area contributed by atoms with E-state index in [1.807, 2.05) is 0 Å². The summed E-state index contributed by atoms with van der Waals surface area (Å²) in [7, 11) is 0. The Bertz CT molecular complexity index is 2700. The van der Waals surface area contributed by atoms with Crippen molar-refractivity contribution in [3.63, 3.8) is 0 Å². The van der Waals surface area contributed by atoms with Crippen molar-refractivity contribution in [1.82, 2.24) is 0 Å². The highest BCUT2D eigenvalue weighted by Gasteiger charge is 2.38. The molecule has 0 heterocycles. The number of fused-ring (bicyclic) bond motifs is 8. The van der Waals surface area contributed by atoms with E-state index in [4.69, 9.17) is 0 Å². The quantitative estimate of drug-likeness (QED) is 0.175. The lowest BCUT2D eigenvalue weighted by molar-refractivity contribution is 0.660. The maximum absolute atomic E-state index is 2.46. The van der Waals surface area contributed by atoms with Crippen LogP contribution in [0.1, 0.15) is 49.9 Å². The minimum absolute atomic E-state index is 0.0649. The second-order valence-electron chi connectivity index (χ2n) is 15.8. The second kappa shape index (κ2) is 11.7. The molecule has 0 unspecified atom stereocenters. The maximum atomic E-state index is 2.46. The lowest BCUT2D eigenvalue weighted by Crippen LogP contribution is -2.16. The van der Waals surface area contributed by atoms with Crippen LogP contribution in [0, 0.1) is 0 Å². The summed E-state index contributed by atoms with van der Waals surface area (Å²) in [5.74, 6) is 0. The topological polar surface area (TPSA) is 3.24 Å². The molecule has 2 aliphatic carbocycles. The maximum Gasteiger partial charge on any atom is 0.0465 e. The highest BCUT2D eigenvalue weighted by Crippen LogP contribution is 2.54. The number of nitrogens with zero attached hydrogens (tertiary/aromatic N) is 1. The fourth-order valence-electron chi connectivity index (χ4n) is 9.28. The molecule has 0 radical (unpaired) electrons. The largest absolute Gasteiger partial charge is 0.310 e. The second-order valence-corrected chi connectivity index (χ2v) is 15.8. The monoisotopic (exact) mass is 679 g/mol. The van der Waals surface area contributed by atoms with Gasteiger partial charge in [-0.05, 0) is 126 Å². The first-order valence-electron chi connectivity index (χ1n) is 18.8. The molecule has 0 saturated heterocycles. The fourth-order valence-corrected chi connectivity index (χ4v) is 9.28. The Morgan fingerprint density at radius 2 is 0.868 bits per heavy atom. The van der Waals surface area contributed by atoms with E-state index < -0.39 is 0 Å². The third-order valence-electron chi connectivity index (χ3n) is 12.1. The summed E-state index contributed by atoms with van der Waals surface area (Å²) in [6.07, 6.45) is 0. The normalized spacial score (nSPS) is 14.3. The lowest BCUT2D eigenvalue weighted by Gasteiger charge is -2.28. The first-order valence-corrected chi connectivity index (χ1v) is 18.8. The molecule has 8 aromatic carbocycles. The smallest absolute Gasteiger partial charge is 0.0465 e. The lowest BCUT2D eigenvalue weighted by atomic mass is 9.80. The van der Waals surface area contributed by atoms with E-state index in [-0.39, 0.29) is 10.8 Å². The van der Waals surface area contributed by atoms with Crippen LogP contribution in [0.15, 0.2) is 176 Å². The molecular weight excluding hydrogens is 639 g/mol. The van der Waals surface area contributed by atoms with Gasteiger partial charge in [0.2, 0.25) is 0 Å². The van der Waals surface area contributed by atoms with Crippen LogP contribution < -0.4 is 4.90 Å². The third kappa shape index (κ3) is 4.77. The molecule has 8 aromatic rings. The van der Waals surface area contributed by atoms with Crippen LogP contribution in [0.4, 0.5) is 17.1 Å². The molecule has 0 aromatic heterocycles. The van der Waals surface area contributed by atoms with E-state index in [9.17, 15) is 0 Å². The first kappa shape index (κ1) is 31.5. The predicted octanol–water partition coefficient (Wildman–Crippen LogP) is 14.3. The van der Waals surface area contributed by atoms with E-state index in [2.05, 4.69) is 209 Å². The zero-order valence-electron chi connectivity index (χ0n) is 30.7. The van der Waals surface area contributed by atoms with Gasteiger partial charge in [0.25, 0.3) is 0 Å². The van der Waals surface area contributed by atoms with Crippen molar-refractivity contribution >= 4 is 27.8 Å². The SMILES string of the molecule is CC1(C)c2ccccc2-c2ccc(N(c3ccccc3)c3ccc(-c4ccc5c(c4)C(C)(C)c4cc(-c6ccccc6)c6ccccc6c4-5)cc3)cc21. The Kier molecular flexibility index (Phi) is 6.94. The fraction of sp³-hybridized carbons (Fsp3) is 0.115. The van der Waals surface area contributed by atoms with Gasteiger partial charge in [0.1, 0.15) is 0 Å². The number of hydrogen-bond acceptors (Lipinski definition) is 1. The molecule has 10 rings (SSSR count). The van der Waals surface area contributed by atoms with E-state index in [0.717, 1.165) is 11.4 Å². The van der Waals surface area contributed by atoms with Gasteiger partial charge in [0.15, 0.2) is 0 Å². The molecule has 0 saturated carbocycles. The summed E-state index contributed by atoms with van der Waals surface area (Å²) >= 11 is 0. The van der Waals surface area contributed by atoms with Crippen LogP contribution in [0.25, 0.3) is 55.3 Å². The molecule has 1 heteroatoms. The Hall–Kier alpha value is -6.18. The van der Waals surface area contributed by atoms with Gasteiger partial charge in [-0.3, -0.25) is 0 Å². The number of para-hydroxylation sites is 1. The molecule has 0 spiro atoms. The molecule has 0 aliphatic heterocycles. The Balaban J connectivity index is 1.04. The highest BCUT2D eigenvalue weighted by atomic mass is 15.1. The molecule has 254 valence electrons. The minimum Gasteiger partial charge on any atom is -0.310 e. The van der Waals surface area contributed by atoms with Crippen LogP contribution in [0.3, 0.4) is 0 Å². The van der Waals surface area contributed by atoms with Crippen molar-refractivity contribution in [3.05, 3.63) is 198 Å². The Labute approximate surface area is 312 Å². The molecule has 2 aliphatic rings. The van der Waals surface area contributed by atoms with Crippen molar-refractivity contribution in [2.75, 3.05) is 4.90 Å². The zero-order chi connectivity index (χ0) is 35.9. The average molecular weight is 680 g/mol. The molecule has 0 N–H and O–H groups in total. The van der Waals surface area contributed by atoms with E-state index >= 15 is 0 Å². The molecule has 1 nitrogen and oxygen atoms in total.